The lowest BCUT2D eigenvalue weighted by Gasteiger charge is -2.29. The zero-order chi connectivity index (χ0) is 20.9. The third-order valence-corrected chi connectivity index (χ3v) is 6.51. The average molecular weight is 413 g/mol. The summed E-state index contributed by atoms with van der Waals surface area (Å²) in [7, 11) is 0. The van der Waals surface area contributed by atoms with Gasteiger partial charge in [-0.2, -0.15) is 0 Å². The molecule has 1 saturated heterocycles. The smallest absolute Gasteiger partial charge is 0.208 e. The van der Waals surface area contributed by atoms with Gasteiger partial charge in [0.15, 0.2) is 0 Å². The number of dihydropyridines is 1. The van der Waals surface area contributed by atoms with Crippen molar-refractivity contribution in [2.24, 2.45) is 10.9 Å². The molecular formula is C25H36N2O3. The molecule has 1 saturated carbocycles. The molecule has 4 unspecified atom stereocenters. The summed E-state index contributed by atoms with van der Waals surface area (Å²) in [4.78, 5) is 4.75. The van der Waals surface area contributed by atoms with E-state index in [1.165, 1.54) is 17.5 Å². The summed E-state index contributed by atoms with van der Waals surface area (Å²) < 4.78 is 17.5. The summed E-state index contributed by atoms with van der Waals surface area (Å²) in [5, 5.41) is 3.55. The fourth-order valence-corrected chi connectivity index (χ4v) is 4.61. The van der Waals surface area contributed by atoms with E-state index in [1.807, 2.05) is 6.08 Å². The highest BCUT2D eigenvalue weighted by Gasteiger charge is 2.40. The van der Waals surface area contributed by atoms with Crippen LogP contribution in [0.1, 0.15) is 57.1 Å². The third kappa shape index (κ3) is 5.32. The van der Waals surface area contributed by atoms with Crippen LogP contribution in [0.5, 0.6) is 0 Å². The Morgan fingerprint density at radius 1 is 1.30 bits per heavy atom. The Balaban J connectivity index is 1.20. The quantitative estimate of drug-likeness (QED) is 0.617. The number of ether oxygens (including phenoxy) is 3. The Morgan fingerprint density at radius 2 is 2.17 bits per heavy atom. The summed E-state index contributed by atoms with van der Waals surface area (Å²) >= 11 is 0. The second kappa shape index (κ2) is 10.1. The van der Waals surface area contributed by atoms with Crippen LogP contribution in [-0.2, 0) is 20.6 Å². The van der Waals surface area contributed by atoms with E-state index in [2.05, 4.69) is 56.4 Å². The van der Waals surface area contributed by atoms with Crippen LogP contribution in [0.15, 0.2) is 41.4 Å². The number of nitrogens with one attached hydrogen (secondary N) is 1. The predicted octanol–water partition coefficient (Wildman–Crippen LogP) is 4.23. The molecule has 0 aromatic heterocycles. The number of rotatable bonds is 9. The summed E-state index contributed by atoms with van der Waals surface area (Å²) in [6.07, 6.45) is 9.15. The van der Waals surface area contributed by atoms with Crippen molar-refractivity contribution < 1.29 is 14.2 Å². The van der Waals surface area contributed by atoms with Crippen molar-refractivity contribution in [3.8, 4) is 0 Å². The molecular weight excluding hydrogens is 376 g/mol. The number of benzene rings is 1. The lowest BCUT2D eigenvalue weighted by Crippen LogP contribution is -2.40. The molecule has 2 aliphatic heterocycles. The third-order valence-electron chi connectivity index (χ3n) is 6.51. The second-order valence-corrected chi connectivity index (χ2v) is 8.88. The van der Waals surface area contributed by atoms with E-state index in [1.54, 1.807) is 0 Å². The van der Waals surface area contributed by atoms with Crippen molar-refractivity contribution in [2.75, 3.05) is 19.9 Å². The summed E-state index contributed by atoms with van der Waals surface area (Å²) in [5.74, 6) is 1.63. The van der Waals surface area contributed by atoms with Gasteiger partial charge in [0, 0.05) is 24.3 Å². The summed E-state index contributed by atoms with van der Waals surface area (Å²) in [5.41, 5.74) is 2.97. The van der Waals surface area contributed by atoms with Gasteiger partial charge in [0.05, 0.1) is 32.1 Å². The largest absolute Gasteiger partial charge is 0.472 e. The zero-order valence-corrected chi connectivity index (χ0v) is 18.5. The molecule has 30 heavy (non-hydrogen) atoms. The molecule has 0 spiro atoms. The van der Waals surface area contributed by atoms with Crippen molar-refractivity contribution in [1.82, 2.24) is 5.32 Å². The summed E-state index contributed by atoms with van der Waals surface area (Å²) in [6, 6.07) is 9.32. The van der Waals surface area contributed by atoms with E-state index >= 15 is 0 Å². The van der Waals surface area contributed by atoms with Gasteiger partial charge in [-0.25, -0.2) is 4.99 Å². The molecule has 1 N–H and O–H groups in total. The Labute approximate surface area is 180 Å². The van der Waals surface area contributed by atoms with Gasteiger partial charge >= 0.3 is 0 Å². The van der Waals surface area contributed by atoms with E-state index in [0.29, 0.717) is 37.3 Å². The minimum Gasteiger partial charge on any atom is -0.472 e. The molecule has 0 amide bonds. The maximum absolute atomic E-state index is 6.15. The molecule has 0 bridgehead atoms. The number of nitrogens with zero attached hydrogens (tertiary/aromatic N) is 1. The number of aliphatic imine (C=N–C) groups is 1. The van der Waals surface area contributed by atoms with E-state index < -0.39 is 0 Å². The highest BCUT2D eigenvalue weighted by Crippen LogP contribution is 2.44. The van der Waals surface area contributed by atoms with E-state index in [0.717, 1.165) is 31.8 Å². The van der Waals surface area contributed by atoms with Crippen LogP contribution in [0.4, 0.5) is 0 Å². The fourth-order valence-electron chi connectivity index (χ4n) is 4.61. The SMILES string of the molecule is CCCc1ccccc1[C@H]1CC1OCNC(C)C1C=CC(O[C@H]2CCOC2)=NC1C. The Bertz CT molecular complexity index is 757. The van der Waals surface area contributed by atoms with Crippen LogP contribution in [0, 0.1) is 5.92 Å². The highest BCUT2D eigenvalue weighted by molar-refractivity contribution is 5.88. The molecule has 1 aliphatic carbocycles. The van der Waals surface area contributed by atoms with Gasteiger partial charge in [0.1, 0.15) is 6.10 Å². The predicted molar refractivity (Wildman–Crippen MR) is 120 cm³/mol. The molecule has 164 valence electrons. The number of hydrogen-bond acceptors (Lipinski definition) is 5. The lowest BCUT2D eigenvalue weighted by molar-refractivity contribution is 0.0871. The molecule has 1 aromatic carbocycles. The maximum atomic E-state index is 6.15. The normalized spacial score (nSPS) is 31.4. The lowest BCUT2D eigenvalue weighted by atomic mass is 9.92. The minimum atomic E-state index is 0.148. The van der Waals surface area contributed by atoms with Crippen molar-refractivity contribution in [2.45, 2.75) is 76.7 Å². The van der Waals surface area contributed by atoms with Gasteiger partial charge in [-0.3, -0.25) is 5.32 Å². The van der Waals surface area contributed by atoms with E-state index in [-0.39, 0.29) is 12.1 Å². The Morgan fingerprint density at radius 3 is 2.93 bits per heavy atom. The number of hydrogen-bond donors (Lipinski definition) is 1. The van der Waals surface area contributed by atoms with Crippen molar-refractivity contribution in [3.63, 3.8) is 0 Å². The highest BCUT2D eigenvalue weighted by atomic mass is 16.5. The van der Waals surface area contributed by atoms with Crippen LogP contribution in [-0.4, -0.2) is 50.1 Å². The standard InChI is InChI=1S/C25H36N2O3/c1-4-7-19-8-5-6-9-22(19)23-14-24(23)29-16-26-17(2)21-10-11-25(27-18(21)3)30-20-12-13-28-15-20/h5-6,8-11,17-18,20-21,23-24,26H,4,7,12-16H2,1-3H3/t17?,18?,20-,21?,23+,24?/m0/s1. The maximum Gasteiger partial charge on any atom is 0.208 e. The molecule has 5 nitrogen and oxygen atoms in total. The van der Waals surface area contributed by atoms with Crippen LogP contribution >= 0.6 is 0 Å². The Hall–Kier alpha value is -1.69. The Kier molecular flexibility index (Phi) is 7.24. The average Bonchev–Trinajstić information content (AvgIpc) is 3.32. The van der Waals surface area contributed by atoms with Crippen LogP contribution in [0.3, 0.4) is 0 Å². The minimum absolute atomic E-state index is 0.148. The zero-order valence-electron chi connectivity index (χ0n) is 18.5. The monoisotopic (exact) mass is 412 g/mol. The van der Waals surface area contributed by atoms with E-state index in [4.69, 9.17) is 19.2 Å². The molecule has 4 rings (SSSR count). The van der Waals surface area contributed by atoms with Crippen molar-refractivity contribution in [3.05, 3.63) is 47.5 Å². The van der Waals surface area contributed by atoms with Gasteiger partial charge in [-0.1, -0.05) is 43.7 Å². The van der Waals surface area contributed by atoms with Crippen molar-refractivity contribution >= 4 is 5.90 Å². The van der Waals surface area contributed by atoms with Crippen LogP contribution in [0.2, 0.25) is 0 Å². The fraction of sp³-hybridized carbons (Fsp3) is 0.640. The van der Waals surface area contributed by atoms with Gasteiger partial charge in [0.2, 0.25) is 5.90 Å². The summed E-state index contributed by atoms with van der Waals surface area (Å²) in [6.45, 7) is 8.65. The first-order chi connectivity index (χ1) is 14.7. The first kappa shape index (κ1) is 21.5. The molecule has 2 heterocycles. The van der Waals surface area contributed by atoms with E-state index in [9.17, 15) is 0 Å². The molecule has 2 fully saturated rings. The molecule has 3 aliphatic rings. The topological polar surface area (TPSA) is 52.1 Å². The van der Waals surface area contributed by atoms with Crippen LogP contribution in [0.25, 0.3) is 0 Å². The van der Waals surface area contributed by atoms with Gasteiger partial charge in [-0.15, -0.1) is 0 Å². The van der Waals surface area contributed by atoms with Crippen LogP contribution < -0.4 is 5.32 Å². The molecule has 5 heteroatoms. The molecule has 1 aromatic rings. The van der Waals surface area contributed by atoms with Crippen molar-refractivity contribution in [1.29, 1.82) is 0 Å². The first-order valence-electron chi connectivity index (χ1n) is 11.6. The first-order valence-corrected chi connectivity index (χ1v) is 11.6. The van der Waals surface area contributed by atoms with Gasteiger partial charge in [0.25, 0.3) is 0 Å². The molecule has 6 atom stereocenters. The van der Waals surface area contributed by atoms with Gasteiger partial charge < -0.3 is 14.2 Å². The number of aryl methyl sites for hydroxylation is 1. The van der Waals surface area contributed by atoms with Gasteiger partial charge in [-0.05, 0) is 43.9 Å². The second-order valence-electron chi connectivity index (χ2n) is 8.88. The molecule has 0 radical (unpaired) electrons.